The molecular weight excluding hydrogens is 324 g/mol. The van der Waals surface area contributed by atoms with Crippen molar-refractivity contribution in [3.63, 3.8) is 0 Å². The maximum Gasteiger partial charge on any atom is 0.181 e. The number of aromatic nitrogens is 4. The van der Waals surface area contributed by atoms with E-state index in [2.05, 4.69) is 42.5 Å². The Morgan fingerprint density at radius 2 is 2.00 bits per heavy atom. The second-order valence-electron chi connectivity index (χ2n) is 6.01. The van der Waals surface area contributed by atoms with E-state index in [4.69, 9.17) is 0 Å². The molecule has 0 saturated carbocycles. The van der Waals surface area contributed by atoms with Crippen LogP contribution in [0.3, 0.4) is 0 Å². The quantitative estimate of drug-likeness (QED) is 0.760. The number of H-pyrrole nitrogens is 1. The fourth-order valence-electron chi connectivity index (χ4n) is 3.01. The van der Waals surface area contributed by atoms with E-state index in [1.807, 2.05) is 25.4 Å². The highest BCUT2D eigenvalue weighted by atomic mass is 35.5. The second-order valence-corrected chi connectivity index (χ2v) is 6.01. The minimum absolute atomic E-state index is 0. The molecule has 4 rings (SSSR count). The number of rotatable bonds is 4. The Kier molecular flexibility index (Phi) is 4.85. The molecule has 0 bridgehead atoms. The minimum atomic E-state index is 0. The molecule has 0 aromatic carbocycles. The number of aryl methyl sites for hydroxylation is 1. The van der Waals surface area contributed by atoms with Gasteiger partial charge in [0.2, 0.25) is 0 Å². The summed E-state index contributed by atoms with van der Waals surface area (Å²) in [5.74, 6) is 0.886. The topological polar surface area (TPSA) is 69.7 Å². The number of pyridine rings is 2. The summed E-state index contributed by atoms with van der Waals surface area (Å²) in [6.07, 6.45) is 6.37. The molecule has 1 fully saturated rings. The first kappa shape index (κ1) is 16.5. The Hall–Kier alpha value is -2.34. The van der Waals surface area contributed by atoms with Crippen LogP contribution in [0.15, 0.2) is 30.6 Å². The maximum atomic E-state index is 4.52. The molecule has 3 aromatic rings. The van der Waals surface area contributed by atoms with Gasteiger partial charge in [-0.05, 0) is 43.5 Å². The van der Waals surface area contributed by atoms with Crippen LogP contribution in [0.25, 0.3) is 11.0 Å². The molecule has 6 nitrogen and oxygen atoms in total. The highest BCUT2D eigenvalue weighted by Crippen LogP contribution is 2.20. The number of fused-ring (bicyclic) bond motifs is 1. The van der Waals surface area contributed by atoms with Gasteiger partial charge in [-0.25, -0.2) is 9.97 Å². The summed E-state index contributed by atoms with van der Waals surface area (Å²) < 4.78 is 0. The smallest absolute Gasteiger partial charge is 0.181 e. The predicted octanol–water partition coefficient (Wildman–Crippen LogP) is 3.30. The minimum Gasteiger partial charge on any atom is -0.370 e. The standard InChI is InChI=1S/C17H20N6.ClH/c1-12-15-8-13(10-20-17(15)22-21-12)9-18-16-5-4-14(11-19-16)23-6-2-3-7-23;/h4-5,8,10-11H,2-3,6-7,9H2,1H3,(H,18,19)(H,20,21,22);1H. The second kappa shape index (κ2) is 7.05. The van der Waals surface area contributed by atoms with Gasteiger partial charge in [-0.15, -0.1) is 12.4 Å². The molecule has 1 aliphatic rings. The van der Waals surface area contributed by atoms with Crippen LogP contribution < -0.4 is 10.2 Å². The molecule has 0 amide bonds. The summed E-state index contributed by atoms with van der Waals surface area (Å²) in [4.78, 5) is 11.3. The molecule has 0 atom stereocenters. The lowest BCUT2D eigenvalue weighted by Crippen LogP contribution is -2.17. The lowest BCUT2D eigenvalue weighted by Gasteiger charge is -2.17. The summed E-state index contributed by atoms with van der Waals surface area (Å²) in [7, 11) is 0. The molecule has 3 aromatic heterocycles. The van der Waals surface area contributed by atoms with E-state index in [-0.39, 0.29) is 12.4 Å². The molecule has 4 heterocycles. The average molecular weight is 345 g/mol. The van der Waals surface area contributed by atoms with Crippen LogP contribution in [0.5, 0.6) is 0 Å². The number of anilines is 2. The SMILES string of the molecule is Cc1[nH]nc2ncc(CNc3ccc(N4CCCC4)cn3)cc12.Cl. The van der Waals surface area contributed by atoms with E-state index in [1.54, 1.807) is 0 Å². The zero-order valence-electron chi connectivity index (χ0n) is 13.6. The first-order chi connectivity index (χ1) is 11.3. The van der Waals surface area contributed by atoms with Crippen molar-refractivity contribution in [1.29, 1.82) is 0 Å². The van der Waals surface area contributed by atoms with Gasteiger partial charge in [-0.3, -0.25) is 5.10 Å². The highest BCUT2D eigenvalue weighted by Gasteiger charge is 2.12. The molecule has 0 radical (unpaired) electrons. The summed E-state index contributed by atoms with van der Waals surface area (Å²) in [6, 6.07) is 6.30. The summed E-state index contributed by atoms with van der Waals surface area (Å²) in [6.45, 7) is 4.99. The average Bonchev–Trinajstić information content (AvgIpc) is 3.24. The largest absolute Gasteiger partial charge is 0.370 e. The molecular formula is C17H21ClN6. The van der Waals surface area contributed by atoms with Gasteiger partial charge in [0.25, 0.3) is 0 Å². The van der Waals surface area contributed by atoms with Crippen LogP contribution in [-0.2, 0) is 6.54 Å². The van der Waals surface area contributed by atoms with Crippen LogP contribution in [-0.4, -0.2) is 33.3 Å². The Labute approximate surface area is 147 Å². The number of halogens is 1. The molecule has 0 unspecified atom stereocenters. The van der Waals surface area contributed by atoms with Gasteiger partial charge in [0.15, 0.2) is 5.65 Å². The van der Waals surface area contributed by atoms with Crippen molar-refractivity contribution < 1.29 is 0 Å². The molecule has 126 valence electrons. The normalized spacial score (nSPS) is 14.0. The molecule has 1 saturated heterocycles. The highest BCUT2D eigenvalue weighted by molar-refractivity contribution is 5.85. The van der Waals surface area contributed by atoms with Gasteiger partial charge in [0.05, 0.1) is 11.9 Å². The third-order valence-electron chi connectivity index (χ3n) is 4.35. The number of aromatic amines is 1. The lowest BCUT2D eigenvalue weighted by molar-refractivity contribution is 0.949. The summed E-state index contributed by atoms with van der Waals surface area (Å²) in [5.41, 5.74) is 4.14. The zero-order chi connectivity index (χ0) is 15.6. The van der Waals surface area contributed by atoms with Crippen LogP contribution in [0.2, 0.25) is 0 Å². The fraction of sp³-hybridized carbons (Fsp3) is 0.353. The zero-order valence-corrected chi connectivity index (χ0v) is 14.4. The van der Waals surface area contributed by atoms with Gasteiger partial charge in [0.1, 0.15) is 5.82 Å². The third-order valence-corrected chi connectivity index (χ3v) is 4.35. The molecule has 0 spiro atoms. The molecule has 2 N–H and O–H groups in total. The molecule has 1 aliphatic heterocycles. The summed E-state index contributed by atoms with van der Waals surface area (Å²) >= 11 is 0. The number of hydrogen-bond donors (Lipinski definition) is 2. The third kappa shape index (κ3) is 3.28. The van der Waals surface area contributed by atoms with E-state index in [1.165, 1.54) is 18.5 Å². The van der Waals surface area contributed by atoms with E-state index in [0.29, 0.717) is 6.54 Å². The summed E-state index contributed by atoms with van der Waals surface area (Å²) in [5, 5.41) is 11.5. The van der Waals surface area contributed by atoms with Crippen molar-refractivity contribution in [2.24, 2.45) is 0 Å². The first-order valence-electron chi connectivity index (χ1n) is 8.04. The van der Waals surface area contributed by atoms with Gasteiger partial charge < -0.3 is 10.2 Å². The van der Waals surface area contributed by atoms with Gasteiger partial charge >= 0.3 is 0 Å². The van der Waals surface area contributed by atoms with Crippen molar-refractivity contribution in [1.82, 2.24) is 20.2 Å². The van der Waals surface area contributed by atoms with Gasteiger partial charge in [-0.1, -0.05) is 0 Å². The molecule has 0 aliphatic carbocycles. The van der Waals surface area contributed by atoms with E-state index in [0.717, 1.165) is 41.2 Å². The molecule has 7 heteroatoms. The van der Waals surface area contributed by atoms with Gasteiger partial charge in [0, 0.05) is 36.9 Å². The first-order valence-corrected chi connectivity index (χ1v) is 8.04. The Morgan fingerprint density at radius 3 is 2.75 bits per heavy atom. The van der Waals surface area contributed by atoms with Crippen molar-refractivity contribution >= 4 is 34.9 Å². The lowest BCUT2D eigenvalue weighted by atomic mass is 10.2. The van der Waals surface area contributed by atoms with Crippen LogP contribution >= 0.6 is 12.4 Å². The fourth-order valence-corrected chi connectivity index (χ4v) is 3.01. The van der Waals surface area contributed by atoms with E-state index >= 15 is 0 Å². The Balaban J connectivity index is 0.00000169. The van der Waals surface area contributed by atoms with Crippen LogP contribution in [0, 0.1) is 6.92 Å². The van der Waals surface area contributed by atoms with Crippen molar-refractivity contribution in [2.45, 2.75) is 26.3 Å². The van der Waals surface area contributed by atoms with Gasteiger partial charge in [-0.2, -0.15) is 5.10 Å². The van der Waals surface area contributed by atoms with Crippen molar-refractivity contribution in [3.05, 3.63) is 41.9 Å². The molecule has 24 heavy (non-hydrogen) atoms. The van der Waals surface area contributed by atoms with Crippen LogP contribution in [0.4, 0.5) is 11.5 Å². The van der Waals surface area contributed by atoms with Crippen molar-refractivity contribution in [3.8, 4) is 0 Å². The van der Waals surface area contributed by atoms with Crippen molar-refractivity contribution in [2.75, 3.05) is 23.3 Å². The Bertz CT molecular complexity index is 808. The van der Waals surface area contributed by atoms with E-state index < -0.39 is 0 Å². The predicted molar refractivity (Wildman–Crippen MR) is 98.9 cm³/mol. The Morgan fingerprint density at radius 1 is 1.17 bits per heavy atom. The van der Waals surface area contributed by atoms with E-state index in [9.17, 15) is 0 Å². The maximum absolute atomic E-state index is 4.52. The monoisotopic (exact) mass is 344 g/mol. The number of nitrogens with one attached hydrogen (secondary N) is 2. The number of nitrogens with zero attached hydrogens (tertiary/aromatic N) is 4. The van der Waals surface area contributed by atoms with Crippen LogP contribution in [0.1, 0.15) is 24.1 Å². The number of hydrogen-bond acceptors (Lipinski definition) is 5.